The van der Waals surface area contributed by atoms with Crippen molar-refractivity contribution in [3.05, 3.63) is 35.1 Å². The van der Waals surface area contributed by atoms with Crippen molar-refractivity contribution in [2.75, 3.05) is 26.2 Å². The Balaban J connectivity index is 1.77. The topological polar surface area (TPSA) is 41.1 Å². The number of pyridine rings is 1. The molecule has 0 aromatic carbocycles. The lowest BCUT2D eigenvalue weighted by atomic mass is 10.3. The molecule has 0 spiro atoms. The van der Waals surface area contributed by atoms with Crippen LogP contribution in [0.15, 0.2) is 24.5 Å². The second-order valence-electron chi connectivity index (χ2n) is 4.80. The van der Waals surface area contributed by atoms with Crippen molar-refractivity contribution in [3.8, 4) is 10.6 Å². The summed E-state index contributed by atoms with van der Waals surface area (Å²) in [6.07, 6.45) is 3.68. The molecule has 3 rings (SSSR count). The van der Waals surface area contributed by atoms with E-state index in [0.29, 0.717) is 0 Å². The third-order valence-electron chi connectivity index (χ3n) is 3.38. The number of hydrogen-bond donors (Lipinski definition) is 1. The molecule has 0 unspecified atom stereocenters. The highest BCUT2D eigenvalue weighted by Crippen LogP contribution is 2.28. The minimum absolute atomic E-state index is 1.02. The molecule has 1 fully saturated rings. The van der Waals surface area contributed by atoms with Gasteiger partial charge in [-0.1, -0.05) is 0 Å². The summed E-state index contributed by atoms with van der Waals surface area (Å²) in [4.78, 5) is 12.7. The molecule has 0 bridgehead atoms. The molecule has 5 heteroatoms. The smallest absolute Gasteiger partial charge is 0.125 e. The second-order valence-corrected chi connectivity index (χ2v) is 5.88. The molecule has 0 saturated carbocycles. The zero-order chi connectivity index (χ0) is 13.1. The first kappa shape index (κ1) is 12.7. The molecular formula is C14H18N4S. The first-order valence-corrected chi connectivity index (χ1v) is 7.44. The van der Waals surface area contributed by atoms with Gasteiger partial charge in [0, 0.05) is 55.6 Å². The van der Waals surface area contributed by atoms with Crippen LogP contribution in [-0.2, 0) is 6.54 Å². The van der Waals surface area contributed by atoms with Gasteiger partial charge in [-0.25, -0.2) is 4.98 Å². The van der Waals surface area contributed by atoms with Crippen molar-refractivity contribution in [2.24, 2.45) is 0 Å². The number of rotatable bonds is 3. The fraction of sp³-hybridized carbons (Fsp3) is 0.429. The van der Waals surface area contributed by atoms with Crippen LogP contribution in [0.25, 0.3) is 10.6 Å². The molecule has 0 aliphatic carbocycles. The standard InChI is InChI=1S/C14H18N4S/c1-11-13(10-18-7-5-15-6-8-18)19-14(17-11)12-3-2-4-16-9-12/h2-4,9,15H,5-8,10H2,1H3. The lowest BCUT2D eigenvalue weighted by molar-refractivity contribution is 0.234. The van der Waals surface area contributed by atoms with E-state index in [0.717, 1.165) is 49.0 Å². The van der Waals surface area contributed by atoms with E-state index in [1.807, 2.05) is 12.3 Å². The minimum Gasteiger partial charge on any atom is -0.314 e. The zero-order valence-corrected chi connectivity index (χ0v) is 11.9. The van der Waals surface area contributed by atoms with Gasteiger partial charge in [-0.3, -0.25) is 9.88 Å². The van der Waals surface area contributed by atoms with Crippen molar-refractivity contribution in [2.45, 2.75) is 13.5 Å². The van der Waals surface area contributed by atoms with Crippen molar-refractivity contribution in [1.29, 1.82) is 0 Å². The summed E-state index contributed by atoms with van der Waals surface area (Å²) in [6.45, 7) is 7.55. The van der Waals surface area contributed by atoms with Crippen molar-refractivity contribution >= 4 is 11.3 Å². The Morgan fingerprint density at radius 2 is 2.21 bits per heavy atom. The van der Waals surface area contributed by atoms with Crippen molar-refractivity contribution in [3.63, 3.8) is 0 Å². The van der Waals surface area contributed by atoms with E-state index in [1.165, 1.54) is 4.88 Å². The Kier molecular flexibility index (Phi) is 3.87. The Morgan fingerprint density at radius 3 is 2.95 bits per heavy atom. The number of thiazole rings is 1. The molecule has 1 aliphatic rings. The predicted molar refractivity (Wildman–Crippen MR) is 78.2 cm³/mol. The van der Waals surface area contributed by atoms with Gasteiger partial charge in [-0.05, 0) is 19.1 Å². The van der Waals surface area contributed by atoms with Gasteiger partial charge in [0.2, 0.25) is 0 Å². The van der Waals surface area contributed by atoms with E-state index in [2.05, 4.69) is 33.2 Å². The van der Waals surface area contributed by atoms with E-state index < -0.39 is 0 Å². The monoisotopic (exact) mass is 274 g/mol. The van der Waals surface area contributed by atoms with Crippen LogP contribution >= 0.6 is 11.3 Å². The molecule has 0 atom stereocenters. The van der Waals surface area contributed by atoms with Crippen LogP contribution in [0, 0.1) is 6.92 Å². The van der Waals surface area contributed by atoms with E-state index in [4.69, 9.17) is 0 Å². The molecule has 0 amide bonds. The van der Waals surface area contributed by atoms with Gasteiger partial charge in [0.05, 0.1) is 5.69 Å². The van der Waals surface area contributed by atoms with Gasteiger partial charge in [-0.2, -0.15) is 0 Å². The summed E-state index contributed by atoms with van der Waals surface area (Å²) in [7, 11) is 0. The van der Waals surface area contributed by atoms with E-state index >= 15 is 0 Å². The number of nitrogens with one attached hydrogen (secondary N) is 1. The third-order valence-corrected chi connectivity index (χ3v) is 4.57. The summed E-state index contributed by atoms with van der Waals surface area (Å²) in [5.41, 5.74) is 2.27. The maximum atomic E-state index is 4.68. The van der Waals surface area contributed by atoms with Crippen LogP contribution < -0.4 is 5.32 Å². The molecule has 0 radical (unpaired) electrons. The fourth-order valence-electron chi connectivity index (χ4n) is 2.26. The Morgan fingerprint density at radius 1 is 1.37 bits per heavy atom. The maximum absolute atomic E-state index is 4.68. The molecule has 1 aliphatic heterocycles. The molecule has 4 nitrogen and oxygen atoms in total. The Bertz CT molecular complexity index is 532. The third kappa shape index (κ3) is 3.00. The molecule has 2 aromatic heterocycles. The SMILES string of the molecule is Cc1nc(-c2cccnc2)sc1CN1CCNCC1. The van der Waals surface area contributed by atoms with Gasteiger partial charge in [0.25, 0.3) is 0 Å². The van der Waals surface area contributed by atoms with Crippen LogP contribution in [0.5, 0.6) is 0 Å². The average molecular weight is 274 g/mol. The van der Waals surface area contributed by atoms with Gasteiger partial charge in [0.1, 0.15) is 5.01 Å². The normalized spacial score (nSPS) is 16.7. The lowest BCUT2D eigenvalue weighted by Crippen LogP contribution is -2.42. The number of aromatic nitrogens is 2. The molecule has 19 heavy (non-hydrogen) atoms. The zero-order valence-electron chi connectivity index (χ0n) is 11.1. The summed E-state index contributed by atoms with van der Waals surface area (Å²) in [5, 5.41) is 4.46. The number of nitrogens with zero attached hydrogens (tertiary/aromatic N) is 3. The van der Waals surface area contributed by atoms with E-state index in [1.54, 1.807) is 17.5 Å². The molecule has 3 heterocycles. The summed E-state index contributed by atoms with van der Waals surface area (Å²) in [6, 6.07) is 4.03. The van der Waals surface area contributed by atoms with Gasteiger partial charge < -0.3 is 5.32 Å². The first-order valence-electron chi connectivity index (χ1n) is 6.63. The number of piperazine rings is 1. The van der Waals surface area contributed by atoms with Gasteiger partial charge >= 0.3 is 0 Å². The number of hydrogen-bond acceptors (Lipinski definition) is 5. The van der Waals surface area contributed by atoms with Crippen LogP contribution in [0.1, 0.15) is 10.6 Å². The van der Waals surface area contributed by atoms with E-state index in [-0.39, 0.29) is 0 Å². The molecule has 2 aromatic rings. The largest absolute Gasteiger partial charge is 0.314 e. The fourth-order valence-corrected chi connectivity index (χ4v) is 3.35. The highest BCUT2D eigenvalue weighted by Gasteiger charge is 2.15. The minimum atomic E-state index is 1.02. The predicted octanol–water partition coefficient (Wildman–Crippen LogP) is 1.92. The summed E-state index contributed by atoms with van der Waals surface area (Å²) in [5.74, 6) is 0. The molecule has 100 valence electrons. The van der Waals surface area contributed by atoms with Gasteiger partial charge in [0.15, 0.2) is 0 Å². The number of aryl methyl sites for hydroxylation is 1. The quantitative estimate of drug-likeness (QED) is 0.928. The maximum Gasteiger partial charge on any atom is 0.125 e. The summed E-state index contributed by atoms with van der Waals surface area (Å²) < 4.78 is 0. The molecular weight excluding hydrogens is 256 g/mol. The highest BCUT2D eigenvalue weighted by atomic mass is 32.1. The lowest BCUT2D eigenvalue weighted by Gasteiger charge is -2.26. The first-order chi connectivity index (χ1) is 9.33. The second kappa shape index (κ2) is 5.77. The van der Waals surface area contributed by atoms with Gasteiger partial charge in [-0.15, -0.1) is 11.3 Å². The summed E-state index contributed by atoms with van der Waals surface area (Å²) >= 11 is 1.79. The van der Waals surface area contributed by atoms with Crippen LogP contribution in [-0.4, -0.2) is 41.0 Å². The van der Waals surface area contributed by atoms with Crippen LogP contribution in [0.3, 0.4) is 0 Å². The van der Waals surface area contributed by atoms with Crippen LogP contribution in [0.4, 0.5) is 0 Å². The Hall–Kier alpha value is -1.30. The van der Waals surface area contributed by atoms with Crippen LogP contribution in [0.2, 0.25) is 0 Å². The van der Waals surface area contributed by atoms with Crippen molar-refractivity contribution < 1.29 is 0 Å². The van der Waals surface area contributed by atoms with Crippen molar-refractivity contribution in [1.82, 2.24) is 20.2 Å². The average Bonchev–Trinajstić information content (AvgIpc) is 2.82. The Labute approximate surface area is 117 Å². The molecule has 1 saturated heterocycles. The molecule has 1 N–H and O–H groups in total. The van der Waals surface area contributed by atoms with E-state index in [9.17, 15) is 0 Å². The highest BCUT2D eigenvalue weighted by molar-refractivity contribution is 7.15.